The fourth-order valence-corrected chi connectivity index (χ4v) is 2.96. The van der Waals surface area contributed by atoms with E-state index in [0.29, 0.717) is 32.3 Å². The van der Waals surface area contributed by atoms with Gasteiger partial charge in [-0.15, -0.1) is 0 Å². The van der Waals surface area contributed by atoms with Gasteiger partial charge in [0.15, 0.2) is 0 Å². The number of ether oxygens (including phenoxy) is 1. The van der Waals surface area contributed by atoms with Crippen LogP contribution in [0.3, 0.4) is 0 Å². The molecule has 0 radical (unpaired) electrons. The molecule has 3 rings (SSSR count). The van der Waals surface area contributed by atoms with E-state index in [1.807, 2.05) is 29.2 Å². The summed E-state index contributed by atoms with van der Waals surface area (Å²) in [6.45, 7) is 4.61. The minimum Gasteiger partial charge on any atom is -0.383 e. The summed E-state index contributed by atoms with van der Waals surface area (Å²) in [7, 11) is 0. The highest BCUT2D eigenvalue weighted by Crippen LogP contribution is 2.15. The first-order valence-corrected chi connectivity index (χ1v) is 8.62. The van der Waals surface area contributed by atoms with Crippen LogP contribution in [0.5, 0.6) is 0 Å². The number of rotatable bonds is 4. The highest BCUT2D eigenvalue weighted by molar-refractivity contribution is 7.81. The molecular formula is C17H21N5O2S. The number of aryl methyl sites for hydroxylation is 1. The molecule has 8 heteroatoms. The third-order valence-corrected chi connectivity index (χ3v) is 4.40. The molecule has 0 saturated carbocycles. The minimum absolute atomic E-state index is 0.118. The number of H-pyrrole nitrogens is 1. The number of nitrogen functional groups attached to an aromatic ring is 1. The number of nitrogens with two attached hydrogens (primary N) is 1. The first kappa shape index (κ1) is 17.4. The molecule has 1 aliphatic rings. The van der Waals surface area contributed by atoms with Crippen molar-refractivity contribution in [1.29, 1.82) is 0 Å². The Morgan fingerprint density at radius 1 is 1.36 bits per heavy atom. The molecule has 25 heavy (non-hydrogen) atoms. The molecule has 2 heterocycles. The number of nitrogens with zero attached hydrogens (tertiary/aromatic N) is 2. The van der Waals surface area contributed by atoms with E-state index in [4.69, 9.17) is 22.7 Å². The van der Waals surface area contributed by atoms with Crippen molar-refractivity contribution in [2.75, 3.05) is 42.3 Å². The van der Waals surface area contributed by atoms with Crippen LogP contribution in [0.15, 0.2) is 29.1 Å². The van der Waals surface area contributed by atoms with Crippen LogP contribution in [0, 0.1) is 0 Å². The van der Waals surface area contributed by atoms with E-state index in [2.05, 4.69) is 22.2 Å². The fourth-order valence-electron chi connectivity index (χ4n) is 2.64. The molecule has 4 N–H and O–H groups in total. The molecule has 0 bridgehead atoms. The van der Waals surface area contributed by atoms with Crippen molar-refractivity contribution < 1.29 is 4.74 Å². The van der Waals surface area contributed by atoms with Crippen molar-refractivity contribution >= 4 is 34.7 Å². The zero-order chi connectivity index (χ0) is 17.8. The maximum atomic E-state index is 12.5. The van der Waals surface area contributed by atoms with Gasteiger partial charge in [-0.2, -0.15) is 4.98 Å². The molecular weight excluding hydrogens is 338 g/mol. The van der Waals surface area contributed by atoms with Gasteiger partial charge < -0.3 is 20.7 Å². The number of morpholine rings is 1. The average molecular weight is 359 g/mol. The van der Waals surface area contributed by atoms with Crippen molar-refractivity contribution in [2.24, 2.45) is 0 Å². The number of aromatic amines is 1. The van der Waals surface area contributed by atoms with Gasteiger partial charge in [-0.05, 0) is 24.1 Å². The molecule has 1 aromatic heterocycles. The van der Waals surface area contributed by atoms with Crippen LogP contribution in [-0.2, 0) is 11.2 Å². The van der Waals surface area contributed by atoms with Gasteiger partial charge in [0.05, 0.1) is 13.2 Å². The van der Waals surface area contributed by atoms with Crippen LogP contribution >= 0.6 is 12.2 Å². The Morgan fingerprint density at radius 3 is 2.64 bits per heavy atom. The van der Waals surface area contributed by atoms with Gasteiger partial charge in [0.1, 0.15) is 16.4 Å². The molecule has 2 aromatic rings. The third kappa shape index (κ3) is 3.97. The van der Waals surface area contributed by atoms with E-state index in [-0.39, 0.29) is 21.9 Å². The van der Waals surface area contributed by atoms with Gasteiger partial charge in [-0.25, -0.2) is 0 Å². The second-order valence-electron chi connectivity index (χ2n) is 5.75. The number of hydrogen-bond acceptors (Lipinski definition) is 6. The van der Waals surface area contributed by atoms with Gasteiger partial charge in [0.25, 0.3) is 5.56 Å². The molecule has 132 valence electrons. The van der Waals surface area contributed by atoms with Crippen LogP contribution in [0.25, 0.3) is 0 Å². The van der Waals surface area contributed by atoms with Crippen LogP contribution in [-0.4, -0.2) is 41.3 Å². The Balaban J connectivity index is 1.81. The Labute approximate surface area is 151 Å². The largest absolute Gasteiger partial charge is 0.383 e. The van der Waals surface area contributed by atoms with Crippen molar-refractivity contribution in [3.8, 4) is 0 Å². The smallest absolute Gasteiger partial charge is 0.264 e. The minimum atomic E-state index is -0.350. The second kappa shape index (κ2) is 7.62. The Hall–Kier alpha value is -2.45. The van der Waals surface area contributed by atoms with Crippen molar-refractivity contribution in [3.63, 3.8) is 0 Å². The maximum absolute atomic E-state index is 12.5. The number of anilines is 3. The average Bonchev–Trinajstić information content (AvgIpc) is 2.62. The van der Waals surface area contributed by atoms with Gasteiger partial charge in [0.2, 0.25) is 5.95 Å². The maximum Gasteiger partial charge on any atom is 0.264 e. The van der Waals surface area contributed by atoms with Crippen LogP contribution < -0.4 is 21.5 Å². The molecule has 0 atom stereocenters. The normalized spacial score (nSPS) is 14.4. The van der Waals surface area contributed by atoms with Crippen LogP contribution in [0.1, 0.15) is 18.1 Å². The van der Waals surface area contributed by atoms with Crippen LogP contribution in [0.2, 0.25) is 0 Å². The van der Waals surface area contributed by atoms with Gasteiger partial charge >= 0.3 is 0 Å². The van der Waals surface area contributed by atoms with E-state index < -0.39 is 0 Å². The molecule has 1 fully saturated rings. The summed E-state index contributed by atoms with van der Waals surface area (Å²) >= 11 is 5.35. The quantitative estimate of drug-likeness (QED) is 0.713. The molecule has 7 nitrogen and oxygen atoms in total. The Bertz CT molecular complexity index is 813. The number of nitrogens with one attached hydrogen (secondary N) is 2. The second-order valence-corrected chi connectivity index (χ2v) is 6.16. The molecule has 0 aliphatic carbocycles. The molecule has 1 aromatic carbocycles. The fraction of sp³-hybridized carbons (Fsp3) is 0.353. The summed E-state index contributed by atoms with van der Waals surface area (Å²) in [5.41, 5.74) is 7.88. The van der Waals surface area contributed by atoms with E-state index >= 15 is 0 Å². The lowest BCUT2D eigenvalue weighted by Crippen LogP contribution is -2.39. The predicted octanol–water partition coefficient (Wildman–Crippen LogP) is 1.54. The number of thiocarbonyl (C=S) groups is 1. The molecule has 0 spiro atoms. The first-order valence-electron chi connectivity index (χ1n) is 8.21. The molecule has 1 saturated heterocycles. The van der Waals surface area contributed by atoms with E-state index in [1.54, 1.807) is 0 Å². The lowest BCUT2D eigenvalue weighted by atomic mass is 10.1. The summed E-state index contributed by atoms with van der Waals surface area (Å²) in [5.74, 6) is 0.567. The summed E-state index contributed by atoms with van der Waals surface area (Å²) in [5, 5.41) is 3.05. The zero-order valence-corrected chi connectivity index (χ0v) is 14.9. The van der Waals surface area contributed by atoms with Crippen LogP contribution in [0.4, 0.5) is 17.5 Å². The SMILES string of the molecule is CCc1ccc(NC(=S)c2c(N)nc(N3CCOCC3)[nH]c2=O)cc1. The number of hydrogen-bond donors (Lipinski definition) is 3. The third-order valence-electron chi connectivity index (χ3n) is 4.09. The summed E-state index contributed by atoms with van der Waals surface area (Å²) < 4.78 is 5.30. The number of aromatic nitrogens is 2. The van der Waals surface area contributed by atoms with Crippen molar-refractivity contribution in [2.45, 2.75) is 13.3 Å². The first-order chi connectivity index (χ1) is 12.1. The summed E-state index contributed by atoms with van der Waals surface area (Å²) in [4.78, 5) is 21.7. The summed E-state index contributed by atoms with van der Waals surface area (Å²) in [6, 6.07) is 7.87. The van der Waals surface area contributed by atoms with Crippen molar-refractivity contribution in [3.05, 3.63) is 45.7 Å². The van der Waals surface area contributed by atoms with Crippen molar-refractivity contribution in [1.82, 2.24) is 9.97 Å². The molecule has 1 aliphatic heterocycles. The Kier molecular flexibility index (Phi) is 5.30. The van der Waals surface area contributed by atoms with E-state index in [9.17, 15) is 4.79 Å². The van der Waals surface area contributed by atoms with Gasteiger partial charge in [-0.3, -0.25) is 9.78 Å². The lowest BCUT2D eigenvalue weighted by molar-refractivity contribution is 0.122. The number of benzene rings is 1. The lowest BCUT2D eigenvalue weighted by Gasteiger charge is -2.27. The predicted molar refractivity (Wildman–Crippen MR) is 103 cm³/mol. The Morgan fingerprint density at radius 2 is 2.04 bits per heavy atom. The highest BCUT2D eigenvalue weighted by Gasteiger charge is 2.18. The zero-order valence-electron chi connectivity index (χ0n) is 14.0. The van der Waals surface area contributed by atoms with E-state index in [1.165, 1.54) is 5.56 Å². The van der Waals surface area contributed by atoms with E-state index in [0.717, 1.165) is 12.1 Å². The molecule has 0 amide bonds. The molecule has 0 unspecified atom stereocenters. The van der Waals surface area contributed by atoms with Gasteiger partial charge in [0, 0.05) is 18.8 Å². The standard InChI is InChI=1S/C17H21N5O2S/c1-2-11-3-5-12(6-4-11)19-16(25)13-14(18)20-17(21-15(13)23)22-7-9-24-10-8-22/h3-6H,2,7-10H2,1H3,(H,19,25)(H3,18,20,21,23). The van der Waals surface area contributed by atoms with Gasteiger partial charge in [-0.1, -0.05) is 31.3 Å². The highest BCUT2D eigenvalue weighted by atomic mass is 32.1. The summed E-state index contributed by atoms with van der Waals surface area (Å²) in [6.07, 6.45) is 0.963. The topological polar surface area (TPSA) is 96.3 Å². The monoisotopic (exact) mass is 359 g/mol.